The highest BCUT2D eigenvalue weighted by Gasteiger charge is 2.26. The lowest BCUT2D eigenvalue weighted by molar-refractivity contribution is 0.0835. The minimum absolute atomic E-state index is 0.0367. The predicted molar refractivity (Wildman–Crippen MR) is 150 cm³/mol. The number of carbonyl (C=O) groups excluding carboxylic acids is 1. The van der Waals surface area contributed by atoms with Crippen molar-refractivity contribution in [2.24, 2.45) is 0 Å². The molecular weight excluding hydrogens is 492 g/mol. The Morgan fingerprint density at radius 1 is 1.03 bits per heavy atom. The van der Waals surface area contributed by atoms with Gasteiger partial charge >= 0.3 is 0 Å². The van der Waals surface area contributed by atoms with E-state index in [1.807, 2.05) is 30.7 Å². The van der Waals surface area contributed by atoms with E-state index < -0.39 is 0 Å². The minimum atomic E-state index is -0.198. The number of imidazole rings is 1. The molecule has 3 aromatic carbocycles. The van der Waals surface area contributed by atoms with Crippen LogP contribution in [0, 0.1) is 0 Å². The molecule has 0 saturated carbocycles. The maximum absolute atomic E-state index is 12.8. The summed E-state index contributed by atoms with van der Waals surface area (Å²) >= 11 is 0. The predicted octanol–water partition coefficient (Wildman–Crippen LogP) is 3.95. The summed E-state index contributed by atoms with van der Waals surface area (Å²) in [6.07, 6.45) is 4.57. The van der Waals surface area contributed by atoms with Gasteiger partial charge in [0.15, 0.2) is 0 Å². The van der Waals surface area contributed by atoms with Gasteiger partial charge in [0, 0.05) is 43.9 Å². The van der Waals surface area contributed by atoms with E-state index in [9.17, 15) is 4.79 Å². The first-order chi connectivity index (χ1) is 19.2. The fraction of sp³-hybridized carbons (Fsp3) is 0.290. The molecule has 5 rings (SSSR count). The van der Waals surface area contributed by atoms with Gasteiger partial charge in [-0.3, -0.25) is 4.79 Å². The van der Waals surface area contributed by atoms with E-state index in [2.05, 4.69) is 68.7 Å². The fourth-order valence-corrected chi connectivity index (χ4v) is 4.81. The number of hydrogen-bond donors (Lipinski definition) is 3. The van der Waals surface area contributed by atoms with Crippen LogP contribution in [0.2, 0.25) is 0 Å². The molecule has 8 heteroatoms. The van der Waals surface area contributed by atoms with Crippen molar-refractivity contribution in [3.8, 4) is 16.9 Å². The molecule has 2 heterocycles. The first-order valence-electron chi connectivity index (χ1n) is 13.3. The van der Waals surface area contributed by atoms with Crippen molar-refractivity contribution in [1.82, 2.24) is 20.2 Å². The monoisotopic (exact) mass is 526 g/mol. The van der Waals surface area contributed by atoms with Crippen LogP contribution in [0.3, 0.4) is 0 Å². The molecule has 4 aromatic rings. The lowest BCUT2D eigenvalue weighted by atomic mass is 9.97. The van der Waals surface area contributed by atoms with E-state index in [1.54, 1.807) is 6.07 Å². The Kier molecular flexibility index (Phi) is 9.01. The molecule has 1 amide bonds. The molecule has 0 bridgehead atoms. The molecule has 0 spiro atoms. The standard InChI is InChI=1S/C31H34N4O4/c36-15-18-38-17-14-33-31(37)28-8-4-7-27-29(13-16-39-30(27)28)34-20-26-19-32-22-35(26)21-23-9-11-25(12-10-23)24-5-2-1-3-6-24/h1-12,19,22,29,34,36H,13-18,20-21H2,(H,33,37). The summed E-state index contributed by atoms with van der Waals surface area (Å²) in [5.41, 5.74) is 6.21. The topological polar surface area (TPSA) is 97.6 Å². The lowest BCUT2D eigenvalue weighted by Crippen LogP contribution is -2.31. The van der Waals surface area contributed by atoms with Crippen LogP contribution in [0.25, 0.3) is 11.1 Å². The summed E-state index contributed by atoms with van der Waals surface area (Å²) in [4.78, 5) is 17.2. The number of aliphatic hydroxyl groups is 1. The second-order valence-corrected chi connectivity index (χ2v) is 9.46. The van der Waals surface area contributed by atoms with Crippen LogP contribution in [0.1, 0.15) is 39.6 Å². The summed E-state index contributed by atoms with van der Waals surface area (Å²) in [6, 6.07) is 24.8. The zero-order chi connectivity index (χ0) is 26.9. The fourth-order valence-electron chi connectivity index (χ4n) is 4.81. The van der Waals surface area contributed by atoms with Gasteiger partial charge < -0.3 is 29.8 Å². The molecule has 0 saturated heterocycles. The number of nitrogens with zero attached hydrogens (tertiary/aromatic N) is 2. The smallest absolute Gasteiger partial charge is 0.255 e. The molecule has 1 aliphatic heterocycles. The number of amides is 1. The second-order valence-electron chi connectivity index (χ2n) is 9.46. The third kappa shape index (κ3) is 6.72. The van der Waals surface area contributed by atoms with Gasteiger partial charge in [-0.2, -0.15) is 0 Å². The summed E-state index contributed by atoms with van der Waals surface area (Å²) in [7, 11) is 0. The van der Waals surface area contributed by atoms with Crippen LogP contribution < -0.4 is 15.4 Å². The number of ether oxygens (including phenoxy) is 2. The van der Waals surface area contributed by atoms with E-state index in [-0.39, 0.29) is 25.2 Å². The Morgan fingerprint density at radius 3 is 2.67 bits per heavy atom. The number of aromatic nitrogens is 2. The average molecular weight is 527 g/mol. The molecule has 3 N–H and O–H groups in total. The van der Waals surface area contributed by atoms with E-state index in [4.69, 9.17) is 14.6 Å². The summed E-state index contributed by atoms with van der Waals surface area (Å²) in [5.74, 6) is 0.429. The van der Waals surface area contributed by atoms with Crippen LogP contribution >= 0.6 is 0 Å². The van der Waals surface area contributed by atoms with Crippen LogP contribution in [0.15, 0.2) is 85.3 Å². The van der Waals surface area contributed by atoms with E-state index in [0.29, 0.717) is 37.6 Å². The summed E-state index contributed by atoms with van der Waals surface area (Å²) in [5, 5.41) is 15.3. The van der Waals surface area contributed by atoms with Gasteiger partial charge in [-0.25, -0.2) is 4.98 Å². The zero-order valence-electron chi connectivity index (χ0n) is 21.9. The number of benzene rings is 3. The van der Waals surface area contributed by atoms with Gasteiger partial charge in [-0.05, 0) is 22.8 Å². The van der Waals surface area contributed by atoms with E-state index in [0.717, 1.165) is 24.2 Å². The second kappa shape index (κ2) is 13.2. The third-order valence-electron chi connectivity index (χ3n) is 6.83. The molecule has 0 fully saturated rings. The van der Waals surface area contributed by atoms with E-state index >= 15 is 0 Å². The number of hydrogen-bond acceptors (Lipinski definition) is 6. The highest BCUT2D eigenvalue weighted by Crippen LogP contribution is 2.35. The molecule has 0 aliphatic carbocycles. The highest BCUT2D eigenvalue weighted by molar-refractivity contribution is 5.97. The Morgan fingerprint density at radius 2 is 1.85 bits per heavy atom. The Balaban J connectivity index is 1.21. The number of rotatable bonds is 12. The maximum Gasteiger partial charge on any atom is 0.255 e. The molecule has 1 aliphatic rings. The summed E-state index contributed by atoms with van der Waals surface area (Å²) < 4.78 is 13.3. The molecule has 1 aromatic heterocycles. The van der Waals surface area contributed by atoms with Gasteiger partial charge in [0.1, 0.15) is 5.75 Å². The van der Waals surface area contributed by atoms with Gasteiger partial charge in [0.05, 0.1) is 44.0 Å². The molecular formula is C31H34N4O4. The Labute approximate surface area is 228 Å². The van der Waals surface area contributed by atoms with Gasteiger partial charge in [0.25, 0.3) is 5.91 Å². The van der Waals surface area contributed by atoms with Crippen molar-refractivity contribution in [1.29, 1.82) is 0 Å². The number of fused-ring (bicyclic) bond motifs is 1. The Hall–Kier alpha value is -3.98. The molecule has 1 atom stereocenters. The molecule has 0 radical (unpaired) electrons. The van der Waals surface area contributed by atoms with Crippen molar-refractivity contribution < 1.29 is 19.4 Å². The first-order valence-corrected chi connectivity index (χ1v) is 13.3. The number of para-hydroxylation sites is 1. The number of nitrogens with one attached hydrogen (secondary N) is 2. The quantitative estimate of drug-likeness (QED) is 0.242. The third-order valence-corrected chi connectivity index (χ3v) is 6.83. The Bertz CT molecular complexity index is 1350. The van der Waals surface area contributed by atoms with Crippen molar-refractivity contribution in [3.63, 3.8) is 0 Å². The molecule has 1 unspecified atom stereocenters. The minimum Gasteiger partial charge on any atom is -0.492 e. The van der Waals surface area contributed by atoms with Gasteiger partial charge in [-0.15, -0.1) is 0 Å². The highest BCUT2D eigenvalue weighted by atomic mass is 16.5. The largest absolute Gasteiger partial charge is 0.492 e. The average Bonchev–Trinajstić information content (AvgIpc) is 3.43. The molecule has 8 nitrogen and oxygen atoms in total. The normalized spacial score (nSPS) is 14.4. The molecule has 39 heavy (non-hydrogen) atoms. The van der Waals surface area contributed by atoms with E-state index in [1.165, 1.54) is 16.7 Å². The SMILES string of the molecule is O=C(NCCOCCO)c1cccc2c1OCCC2NCc1cncn1Cc1ccc(-c2ccccc2)cc1. The van der Waals surface area contributed by atoms with Gasteiger partial charge in [-0.1, -0.05) is 66.7 Å². The van der Waals surface area contributed by atoms with Crippen LogP contribution in [-0.2, 0) is 17.8 Å². The van der Waals surface area contributed by atoms with Crippen molar-refractivity contribution >= 4 is 5.91 Å². The van der Waals surface area contributed by atoms with Crippen LogP contribution in [-0.4, -0.2) is 53.5 Å². The van der Waals surface area contributed by atoms with Crippen LogP contribution in [0.4, 0.5) is 0 Å². The number of carbonyl (C=O) groups is 1. The van der Waals surface area contributed by atoms with Gasteiger partial charge in [0.2, 0.25) is 0 Å². The molecule has 202 valence electrons. The van der Waals surface area contributed by atoms with Crippen LogP contribution in [0.5, 0.6) is 5.75 Å². The zero-order valence-corrected chi connectivity index (χ0v) is 21.9. The van der Waals surface area contributed by atoms with Crippen molar-refractivity contribution in [2.75, 3.05) is 33.0 Å². The lowest BCUT2D eigenvalue weighted by Gasteiger charge is -2.28. The summed E-state index contributed by atoms with van der Waals surface area (Å²) in [6.45, 7) is 2.84. The number of aliphatic hydroxyl groups excluding tert-OH is 1. The maximum atomic E-state index is 12.8. The van der Waals surface area contributed by atoms with Crippen molar-refractivity contribution in [3.05, 3.63) is 108 Å². The van der Waals surface area contributed by atoms with Crippen molar-refractivity contribution in [2.45, 2.75) is 25.6 Å². The first kappa shape index (κ1) is 26.6.